The van der Waals surface area contributed by atoms with E-state index in [0.29, 0.717) is 24.9 Å². The highest BCUT2D eigenvalue weighted by Gasteiger charge is 2.33. The zero-order valence-corrected chi connectivity index (χ0v) is 23.2. The Hall–Kier alpha value is -2.24. The molecule has 1 saturated carbocycles. The minimum atomic E-state index is -2.97. The molecule has 1 aliphatic rings. The maximum Gasteiger partial charge on any atom is 0.251 e. The molecule has 0 aromatic carbocycles. The number of hydrogen-bond donors (Lipinski definition) is 1. The molecule has 4 rings (SSSR count). The highest BCUT2D eigenvalue weighted by atomic mass is 32.2. The first-order valence-corrected chi connectivity index (χ1v) is 17.9. The molecule has 0 saturated heterocycles. The van der Waals surface area contributed by atoms with Gasteiger partial charge >= 0.3 is 0 Å². The van der Waals surface area contributed by atoms with Gasteiger partial charge in [0.15, 0.2) is 9.84 Å². The summed E-state index contributed by atoms with van der Waals surface area (Å²) in [6, 6.07) is 3.33. The average Bonchev–Trinajstić information content (AvgIpc) is 3.35. The van der Waals surface area contributed by atoms with Gasteiger partial charge in [0.05, 0.1) is 17.0 Å². The monoisotopic (exact) mass is 519 g/mol. The van der Waals surface area contributed by atoms with E-state index in [4.69, 9.17) is 14.1 Å². The van der Waals surface area contributed by atoms with Gasteiger partial charge in [-0.25, -0.2) is 13.4 Å². The predicted molar refractivity (Wildman–Crippen MR) is 141 cm³/mol. The number of nitrogens with zero attached hydrogens (tertiary/aromatic N) is 4. The van der Waals surface area contributed by atoms with Crippen LogP contribution in [0.25, 0.3) is 22.5 Å². The fourth-order valence-corrected chi connectivity index (χ4v) is 6.99. The van der Waals surface area contributed by atoms with Crippen LogP contribution in [0.4, 0.5) is 5.69 Å². The summed E-state index contributed by atoms with van der Waals surface area (Å²) in [4.78, 5) is 4.69. The molecule has 0 radical (unpaired) electrons. The summed E-state index contributed by atoms with van der Waals surface area (Å²) in [5.74, 6) is 1.64. The lowest BCUT2D eigenvalue weighted by atomic mass is 9.81. The van der Waals surface area contributed by atoms with Crippen LogP contribution in [-0.4, -0.2) is 60.4 Å². The van der Waals surface area contributed by atoms with Crippen molar-refractivity contribution in [1.82, 2.24) is 19.7 Å². The van der Waals surface area contributed by atoms with Gasteiger partial charge in [0.25, 0.3) is 5.89 Å². The van der Waals surface area contributed by atoms with E-state index in [1.54, 1.807) is 13.1 Å². The second-order valence-corrected chi connectivity index (χ2v) is 18.7. The van der Waals surface area contributed by atoms with Crippen molar-refractivity contribution in [3.05, 3.63) is 24.4 Å². The van der Waals surface area contributed by atoms with Crippen molar-refractivity contribution in [3.63, 3.8) is 0 Å². The maximum atomic E-state index is 12.2. The van der Waals surface area contributed by atoms with Crippen molar-refractivity contribution in [2.45, 2.75) is 71.6 Å². The lowest BCUT2D eigenvalue weighted by Gasteiger charge is -2.36. The smallest absolute Gasteiger partial charge is 0.251 e. The third kappa shape index (κ3) is 6.50. The quantitative estimate of drug-likeness (QED) is 0.270. The highest BCUT2D eigenvalue weighted by Crippen LogP contribution is 2.38. The molecule has 9 nitrogen and oxygen atoms in total. The van der Waals surface area contributed by atoms with E-state index in [-0.39, 0.29) is 23.5 Å². The lowest BCUT2D eigenvalue weighted by molar-refractivity contribution is 0.0899. The van der Waals surface area contributed by atoms with Crippen LogP contribution in [-0.2, 0) is 21.3 Å². The molecule has 0 bridgehead atoms. The number of rotatable bonds is 12. The van der Waals surface area contributed by atoms with Crippen LogP contribution in [0, 0.1) is 12.8 Å². The number of aryl methyl sites for hydroxylation is 1. The van der Waals surface area contributed by atoms with E-state index in [1.807, 2.05) is 23.8 Å². The van der Waals surface area contributed by atoms with Gasteiger partial charge in [-0.15, -0.1) is 10.2 Å². The Morgan fingerprint density at radius 3 is 2.69 bits per heavy atom. The number of hydrogen-bond acceptors (Lipinski definition) is 8. The van der Waals surface area contributed by atoms with Crippen molar-refractivity contribution in [3.8, 4) is 11.5 Å². The molecule has 0 aliphatic heterocycles. The predicted octanol–water partition coefficient (Wildman–Crippen LogP) is 4.72. The van der Waals surface area contributed by atoms with E-state index in [9.17, 15) is 8.42 Å². The largest absolute Gasteiger partial charge is 0.421 e. The fraction of sp³-hybridized carbons (Fsp3) is 0.625. The van der Waals surface area contributed by atoms with Gasteiger partial charge in [0, 0.05) is 51.2 Å². The van der Waals surface area contributed by atoms with Gasteiger partial charge in [-0.2, -0.15) is 0 Å². The molecule has 0 atom stereocenters. The van der Waals surface area contributed by atoms with Crippen molar-refractivity contribution < 1.29 is 17.6 Å². The number of aromatic nitrogens is 4. The zero-order chi connectivity index (χ0) is 25.2. The molecule has 3 aromatic rings. The Labute approximate surface area is 208 Å². The minimum Gasteiger partial charge on any atom is -0.421 e. The zero-order valence-electron chi connectivity index (χ0n) is 21.4. The summed E-state index contributed by atoms with van der Waals surface area (Å²) >= 11 is 0. The molecule has 35 heavy (non-hydrogen) atoms. The van der Waals surface area contributed by atoms with Crippen LogP contribution in [0.5, 0.6) is 0 Å². The number of sulfone groups is 1. The third-order valence-corrected chi connectivity index (χ3v) is 10.1. The second-order valence-electron chi connectivity index (χ2n) is 10.8. The first-order chi connectivity index (χ1) is 16.5. The first kappa shape index (κ1) is 25.8. The molecule has 0 unspecified atom stereocenters. The van der Waals surface area contributed by atoms with Crippen LogP contribution < -0.4 is 5.32 Å². The van der Waals surface area contributed by atoms with Gasteiger partial charge < -0.3 is 19.0 Å². The summed E-state index contributed by atoms with van der Waals surface area (Å²) in [6.07, 6.45) is 6.04. The Balaban J connectivity index is 1.53. The summed E-state index contributed by atoms with van der Waals surface area (Å²) in [7, 11) is -4.12. The fourth-order valence-electron chi connectivity index (χ4n) is 4.45. The van der Waals surface area contributed by atoms with Gasteiger partial charge in [0.2, 0.25) is 5.89 Å². The lowest BCUT2D eigenvalue weighted by Crippen LogP contribution is -2.39. The third-order valence-electron chi connectivity index (χ3n) is 6.36. The maximum absolute atomic E-state index is 12.2. The molecule has 11 heteroatoms. The van der Waals surface area contributed by atoms with Gasteiger partial charge in [-0.05, 0) is 37.3 Å². The Morgan fingerprint density at radius 2 is 2.03 bits per heavy atom. The Kier molecular flexibility index (Phi) is 7.67. The molecule has 3 heterocycles. The highest BCUT2D eigenvalue weighted by molar-refractivity contribution is 7.91. The van der Waals surface area contributed by atoms with Crippen LogP contribution in [0.15, 0.2) is 22.9 Å². The summed E-state index contributed by atoms with van der Waals surface area (Å²) in [5, 5.41) is 12.8. The topological polar surface area (TPSA) is 112 Å². The minimum absolute atomic E-state index is 0.182. The van der Waals surface area contributed by atoms with Crippen molar-refractivity contribution in [1.29, 1.82) is 0 Å². The molecule has 0 amide bonds. The van der Waals surface area contributed by atoms with Gasteiger partial charge in [0.1, 0.15) is 12.4 Å². The van der Waals surface area contributed by atoms with E-state index in [0.717, 1.165) is 47.8 Å². The molecule has 0 spiro atoms. The molecule has 1 N–H and O–H groups in total. The normalized spacial score (nSPS) is 18.7. The number of anilines is 1. The molecule has 1 fully saturated rings. The first-order valence-electron chi connectivity index (χ1n) is 12.4. The van der Waals surface area contributed by atoms with Crippen molar-refractivity contribution in [2.24, 2.45) is 5.92 Å². The molecule has 192 valence electrons. The van der Waals surface area contributed by atoms with Crippen LogP contribution in [0.1, 0.15) is 32.1 Å². The molecule has 3 aromatic heterocycles. The number of fused-ring (bicyclic) bond motifs is 1. The van der Waals surface area contributed by atoms with Crippen molar-refractivity contribution in [2.75, 3.05) is 23.4 Å². The van der Waals surface area contributed by atoms with Crippen LogP contribution >= 0.6 is 0 Å². The second kappa shape index (κ2) is 10.4. The summed E-state index contributed by atoms with van der Waals surface area (Å²) in [6.45, 7) is 11.9. The van der Waals surface area contributed by atoms with Crippen molar-refractivity contribution >= 4 is 34.6 Å². The van der Waals surface area contributed by atoms with E-state index in [1.165, 1.54) is 0 Å². The van der Waals surface area contributed by atoms with E-state index < -0.39 is 17.9 Å². The summed E-state index contributed by atoms with van der Waals surface area (Å²) < 4.78 is 38.1. The SMILES string of the molecule is CCCS(=O)(=O)CC1CC(Nc2c(-c3nnc(C)o3)cnc3c2ccn3COCC[Si](C)(C)C)C1. The standard InChI is InChI=1S/C24H37N5O4SSi/c1-6-10-34(30,31)15-18-12-19(13-18)26-22-20-7-8-29(16-32-9-11-35(3,4)5)23(20)25-14-21(22)24-28-27-17(2)33-24/h7-8,14,18-19H,6,9-13,15-16H2,1-5H3,(H,25,26). The summed E-state index contributed by atoms with van der Waals surface area (Å²) in [5.41, 5.74) is 2.46. The molecule has 1 aliphatic carbocycles. The van der Waals surface area contributed by atoms with Crippen LogP contribution in [0.3, 0.4) is 0 Å². The van der Waals surface area contributed by atoms with Gasteiger partial charge in [-0.3, -0.25) is 0 Å². The van der Waals surface area contributed by atoms with Gasteiger partial charge in [-0.1, -0.05) is 26.6 Å². The number of ether oxygens (including phenoxy) is 1. The van der Waals surface area contributed by atoms with Crippen LogP contribution in [0.2, 0.25) is 25.7 Å². The van der Waals surface area contributed by atoms with E-state index >= 15 is 0 Å². The molecular weight excluding hydrogens is 482 g/mol. The number of pyridine rings is 1. The van der Waals surface area contributed by atoms with E-state index in [2.05, 4.69) is 35.2 Å². The number of nitrogens with one attached hydrogen (secondary N) is 1. The Bertz CT molecular complexity index is 1260. The molecular formula is C24H37N5O4SSi. The average molecular weight is 520 g/mol. The Morgan fingerprint density at radius 1 is 1.26 bits per heavy atom.